The SMILES string of the molecule is Cl.O=C(C1CC1c1cccc(F)c1F)N1C[C@H]2CNC[C@H]2C1. The Bertz CT molecular complexity index is 586. The zero-order chi connectivity index (χ0) is 14.6. The largest absolute Gasteiger partial charge is 0.342 e. The van der Waals surface area contributed by atoms with Crippen LogP contribution in [0.25, 0.3) is 0 Å². The summed E-state index contributed by atoms with van der Waals surface area (Å²) in [6.45, 7) is 3.60. The number of carbonyl (C=O) groups excluding carboxylic acids is 1. The number of likely N-dealkylation sites (tertiary alicyclic amines) is 1. The van der Waals surface area contributed by atoms with E-state index in [4.69, 9.17) is 0 Å². The number of carbonyl (C=O) groups is 1. The van der Waals surface area contributed by atoms with E-state index in [0.717, 1.165) is 32.2 Å². The van der Waals surface area contributed by atoms with Gasteiger partial charge in [0.25, 0.3) is 0 Å². The molecule has 1 aliphatic carbocycles. The number of hydrogen-bond acceptors (Lipinski definition) is 2. The summed E-state index contributed by atoms with van der Waals surface area (Å²) >= 11 is 0. The quantitative estimate of drug-likeness (QED) is 0.902. The Morgan fingerprint density at radius 2 is 1.86 bits per heavy atom. The van der Waals surface area contributed by atoms with Crippen LogP contribution in [-0.2, 0) is 4.79 Å². The van der Waals surface area contributed by atoms with Crippen LogP contribution >= 0.6 is 12.4 Å². The number of halogens is 3. The van der Waals surface area contributed by atoms with Crippen molar-refractivity contribution in [1.29, 1.82) is 0 Å². The molecule has 22 heavy (non-hydrogen) atoms. The summed E-state index contributed by atoms with van der Waals surface area (Å²) in [4.78, 5) is 14.4. The van der Waals surface area contributed by atoms with E-state index in [1.165, 1.54) is 6.07 Å². The van der Waals surface area contributed by atoms with Gasteiger partial charge in [-0.15, -0.1) is 12.4 Å². The Balaban J connectivity index is 0.00000144. The van der Waals surface area contributed by atoms with E-state index in [2.05, 4.69) is 5.32 Å². The number of nitrogens with one attached hydrogen (secondary N) is 1. The molecule has 0 bridgehead atoms. The smallest absolute Gasteiger partial charge is 0.226 e. The molecule has 3 aliphatic rings. The summed E-state index contributed by atoms with van der Waals surface area (Å²) < 4.78 is 27.1. The van der Waals surface area contributed by atoms with E-state index in [9.17, 15) is 13.6 Å². The maximum atomic E-state index is 13.8. The maximum Gasteiger partial charge on any atom is 0.226 e. The first-order valence-corrected chi connectivity index (χ1v) is 7.58. The molecule has 1 saturated carbocycles. The third kappa shape index (κ3) is 2.50. The first kappa shape index (κ1) is 15.7. The predicted molar refractivity (Wildman–Crippen MR) is 80.9 cm³/mol. The van der Waals surface area contributed by atoms with Crippen LogP contribution in [0.15, 0.2) is 18.2 Å². The molecule has 0 spiro atoms. The van der Waals surface area contributed by atoms with Gasteiger partial charge in [0.15, 0.2) is 11.6 Å². The Morgan fingerprint density at radius 1 is 1.18 bits per heavy atom. The highest BCUT2D eigenvalue weighted by molar-refractivity contribution is 5.85. The van der Waals surface area contributed by atoms with Crippen molar-refractivity contribution < 1.29 is 13.6 Å². The minimum atomic E-state index is -0.827. The number of rotatable bonds is 2. The van der Waals surface area contributed by atoms with Crippen molar-refractivity contribution in [1.82, 2.24) is 10.2 Å². The van der Waals surface area contributed by atoms with Crippen LogP contribution in [0, 0.1) is 29.4 Å². The van der Waals surface area contributed by atoms with Gasteiger partial charge < -0.3 is 10.2 Å². The molecule has 2 saturated heterocycles. The predicted octanol–water partition coefficient (Wildman–Crippen LogP) is 2.17. The second kappa shape index (κ2) is 5.78. The fraction of sp³-hybridized carbons (Fsp3) is 0.562. The Kier molecular flexibility index (Phi) is 4.12. The Hall–Kier alpha value is -1.20. The molecule has 3 nitrogen and oxygen atoms in total. The molecule has 1 amide bonds. The molecule has 2 heterocycles. The van der Waals surface area contributed by atoms with Gasteiger partial charge in [-0.25, -0.2) is 8.78 Å². The first-order valence-electron chi connectivity index (χ1n) is 7.58. The standard InChI is InChI=1S/C16H18F2N2O.ClH/c17-14-3-1-2-11(15(14)18)12-4-13(12)16(21)20-7-9-5-19-6-10(9)8-20;/h1-3,9-10,12-13,19H,4-8H2;1H/t9-,10+,12?,13?;. The van der Waals surface area contributed by atoms with Gasteiger partial charge >= 0.3 is 0 Å². The van der Waals surface area contributed by atoms with Crippen molar-refractivity contribution in [3.63, 3.8) is 0 Å². The van der Waals surface area contributed by atoms with Crippen LogP contribution in [0.1, 0.15) is 17.9 Å². The zero-order valence-electron chi connectivity index (χ0n) is 12.1. The van der Waals surface area contributed by atoms with Crippen LogP contribution in [0.3, 0.4) is 0 Å². The number of fused-ring (bicyclic) bond motifs is 1. The molecule has 3 fully saturated rings. The van der Waals surface area contributed by atoms with Gasteiger partial charge in [0.05, 0.1) is 0 Å². The molecular weight excluding hydrogens is 310 g/mol. The highest BCUT2D eigenvalue weighted by atomic mass is 35.5. The third-order valence-corrected chi connectivity index (χ3v) is 5.19. The van der Waals surface area contributed by atoms with Crippen molar-refractivity contribution in [3.05, 3.63) is 35.4 Å². The fourth-order valence-corrected chi connectivity index (χ4v) is 3.89. The van der Waals surface area contributed by atoms with Crippen LogP contribution in [0.5, 0.6) is 0 Å². The lowest BCUT2D eigenvalue weighted by molar-refractivity contribution is -0.131. The third-order valence-electron chi connectivity index (χ3n) is 5.19. The minimum Gasteiger partial charge on any atom is -0.342 e. The average molecular weight is 329 g/mol. The molecule has 4 atom stereocenters. The van der Waals surface area contributed by atoms with Crippen LogP contribution in [-0.4, -0.2) is 37.0 Å². The molecule has 2 aliphatic heterocycles. The summed E-state index contributed by atoms with van der Waals surface area (Å²) in [5, 5.41) is 3.35. The van der Waals surface area contributed by atoms with E-state index < -0.39 is 11.6 Å². The van der Waals surface area contributed by atoms with Crippen LogP contribution in [0.4, 0.5) is 8.78 Å². The van der Waals surface area contributed by atoms with Crippen molar-refractivity contribution >= 4 is 18.3 Å². The van der Waals surface area contributed by atoms with Gasteiger partial charge in [0.2, 0.25) is 5.91 Å². The molecular formula is C16H19ClF2N2O. The van der Waals surface area contributed by atoms with E-state index in [-0.39, 0.29) is 30.2 Å². The van der Waals surface area contributed by atoms with Gasteiger partial charge in [-0.1, -0.05) is 12.1 Å². The lowest BCUT2D eigenvalue weighted by Crippen LogP contribution is -2.33. The molecule has 0 aromatic heterocycles. The highest BCUT2D eigenvalue weighted by Crippen LogP contribution is 2.50. The lowest BCUT2D eigenvalue weighted by atomic mass is 10.0. The summed E-state index contributed by atoms with van der Waals surface area (Å²) in [6.07, 6.45) is 0.642. The second-order valence-corrected chi connectivity index (χ2v) is 6.51. The molecule has 0 radical (unpaired) electrons. The van der Waals surface area contributed by atoms with Crippen molar-refractivity contribution in [2.24, 2.45) is 17.8 Å². The van der Waals surface area contributed by atoms with Crippen molar-refractivity contribution in [2.75, 3.05) is 26.2 Å². The first-order chi connectivity index (χ1) is 10.1. The van der Waals surface area contributed by atoms with E-state index in [1.54, 1.807) is 6.07 Å². The number of benzene rings is 1. The van der Waals surface area contributed by atoms with Crippen LogP contribution < -0.4 is 5.32 Å². The number of nitrogens with zero attached hydrogens (tertiary/aromatic N) is 1. The molecule has 120 valence electrons. The molecule has 2 unspecified atom stereocenters. The summed E-state index contributed by atoms with van der Waals surface area (Å²) in [7, 11) is 0. The summed E-state index contributed by atoms with van der Waals surface area (Å²) in [5.74, 6) is -0.667. The topological polar surface area (TPSA) is 32.3 Å². The molecule has 1 aromatic carbocycles. The number of amides is 1. The van der Waals surface area contributed by atoms with Gasteiger partial charge in [0, 0.05) is 32.1 Å². The van der Waals surface area contributed by atoms with Gasteiger partial charge in [-0.2, -0.15) is 0 Å². The van der Waals surface area contributed by atoms with Crippen LogP contribution in [0.2, 0.25) is 0 Å². The van der Waals surface area contributed by atoms with Crippen molar-refractivity contribution in [3.8, 4) is 0 Å². The maximum absolute atomic E-state index is 13.8. The van der Waals surface area contributed by atoms with Gasteiger partial charge in [0.1, 0.15) is 0 Å². The van der Waals surface area contributed by atoms with Gasteiger partial charge in [-0.3, -0.25) is 4.79 Å². The van der Waals surface area contributed by atoms with E-state index in [1.807, 2.05) is 4.90 Å². The highest BCUT2D eigenvalue weighted by Gasteiger charge is 2.49. The Morgan fingerprint density at radius 3 is 2.55 bits per heavy atom. The lowest BCUT2D eigenvalue weighted by Gasteiger charge is -2.17. The monoisotopic (exact) mass is 328 g/mol. The second-order valence-electron chi connectivity index (χ2n) is 6.51. The summed E-state index contributed by atoms with van der Waals surface area (Å²) in [5.41, 5.74) is 0.356. The zero-order valence-corrected chi connectivity index (χ0v) is 12.9. The summed E-state index contributed by atoms with van der Waals surface area (Å²) in [6, 6.07) is 4.23. The van der Waals surface area contributed by atoms with Gasteiger partial charge in [-0.05, 0) is 35.8 Å². The fourth-order valence-electron chi connectivity index (χ4n) is 3.89. The molecule has 4 rings (SSSR count). The minimum absolute atomic E-state index is 0. The van der Waals surface area contributed by atoms with Crippen molar-refractivity contribution in [2.45, 2.75) is 12.3 Å². The molecule has 1 aromatic rings. The van der Waals surface area contributed by atoms with E-state index >= 15 is 0 Å². The Labute approximate surface area is 134 Å². The number of hydrogen-bond donors (Lipinski definition) is 1. The average Bonchev–Trinajstić information content (AvgIpc) is 2.95. The molecule has 6 heteroatoms. The molecule has 1 N–H and O–H groups in total. The normalized spacial score (nSPS) is 32.5. The van der Waals surface area contributed by atoms with E-state index in [0.29, 0.717) is 23.8 Å².